The van der Waals surface area contributed by atoms with E-state index in [0.717, 1.165) is 5.56 Å². The molecule has 0 radical (unpaired) electrons. The highest BCUT2D eigenvalue weighted by molar-refractivity contribution is 5.92. The van der Waals surface area contributed by atoms with Gasteiger partial charge in [0.1, 0.15) is 6.04 Å². The van der Waals surface area contributed by atoms with Gasteiger partial charge in [0.05, 0.1) is 12.9 Å². The van der Waals surface area contributed by atoms with Gasteiger partial charge in [-0.2, -0.15) is 4.98 Å². The van der Waals surface area contributed by atoms with Crippen molar-refractivity contribution in [2.24, 2.45) is 0 Å². The van der Waals surface area contributed by atoms with Crippen LogP contribution in [0.3, 0.4) is 0 Å². The number of nitrogens with zero attached hydrogens (tertiary/aromatic N) is 2. The fourth-order valence-corrected chi connectivity index (χ4v) is 1.67. The Balaban J connectivity index is 1.97. The summed E-state index contributed by atoms with van der Waals surface area (Å²) < 4.78 is 15.2. The number of hydrogen-bond acceptors (Lipinski definition) is 6. The molecule has 20 heavy (non-hydrogen) atoms. The van der Waals surface area contributed by atoms with Gasteiger partial charge in [-0.3, -0.25) is 4.79 Å². The Bertz CT molecular complexity index is 576. The maximum Gasteiger partial charge on any atom is 0.287 e. The zero-order valence-corrected chi connectivity index (χ0v) is 11.7. The van der Waals surface area contributed by atoms with E-state index in [1.807, 2.05) is 0 Å². The monoisotopic (exact) mass is 279 g/mol. The average Bonchev–Trinajstić information content (AvgIpc) is 3.04. The topological polar surface area (TPSA) is 90.4 Å². The fourth-order valence-electron chi connectivity index (χ4n) is 1.67. The number of nitrogens with one attached hydrogen (secondary N) is 1. The standard InChI is InChI=1S/C13H17N3O4/c1-8-4-7-19-11(8)12(17)14-9(2)13-15-10(16-20-13)5-6-18-3/h4,7,9H,5-6H2,1-3H3,(H,14,17)/t9-/m0/s1. The fraction of sp³-hybridized carbons (Fsp3) is 0.462. The maximum atomic E-state index is 12.0. The van der Waals surface area contributed by atoms with Crippen molar-refractivity contribution >= 4 is 5.91 Å². The van der Waals surface area contributed by atoms with Crippen molar-refractivity contribution in [3.05, 3.63) is 35.4 Å². The minimum absolute atomic E-state index is 0.288. The summed E-state index contributed by atoms with van der Waals surface area (Å²) >= 11 is 0. The number of carbonyl (C=O) groups is 1. The number of hydrogen-bond donors (Lipinski definition) is 1. The summed E-state index contributed by atoms with van der Waals surface area (Å²) in [5.41, 5.74) is 0.779. The number of carbonyl (C=O) groups excluding carboxylic acids is 1. The second-order valence-electron chi connectivity index (χ2n) is 4.42. The summed E-state index contributed by atoms with van der Waals surface area (Å²) in [5, 5.41) is 6.57. The van der Waals surface area contributed by atoms with Gasteiger partial charge in [-0.25, -0.2) is 0 Å². The van der Waals surface area contributed by atoms with Gasteiger partial charge in [-0.1, -0.05) is 5.16 Å². The van der Waals surface area contributed by atoms with Crippen LogP contribution < -0.4 is 5.32 Å². The zero-order valence-electron chi connectivity index (χ0n) is 11.7. The van der Waals surface area contributed by atoms with E-state index >= 15 is 0 Å². The number of ether oxygens (including phenoxy) is 1. The van der Waals surface area contributed by atoms with Crippen LogP contribution in [0.2, 0.25) is 0 Å². The summed E-state index contributed by atoms with van der Waals surface area (Å²) in [7, 11) is 1.61. The summed E-state index contributed by atoms with van der Waals surface area (Å²) in [6.07, 6.45) is 2.04. The van der Waals surface area contributed by atoms with Crippen molar-refractivity contribution in [3.8, 4) is 0 Å². The molecule has 0 fully saturated rings. The van der Waals surface area contributed by atoms with Gasteiger partial charge in [0.15, 0.2) is 11.6 Å². The highest BCUT2D eigenvalue weighted by Gasteiger charge is 2.20. The van der Waals surface area contributed by atoms with Crippen molar-refractivity contribution in [2.45, 2.75) is 26.3 Å². The first kappa shape index (κ1) is 14.3. The van der Waals surface area contributed by atoms with Crippen molar-refractivity contribution in [3.63, 3.8) is 0 Å². The number of amides is 1. The van der Waals surface area contributed by atoms with Gasteiger partial charge in [0.2, 0.25) is 5.89 Å². The number of methoxy groups -OCH3 is 1. The van der Waals surface area contributed by atoms with Crippen LogP contribution in [0.1, 0.15) is 40.8 Å². The lowest BCUT2D eigenvalue weighted by Gasteiger charge is -2.08. The molecule has 0 aromatic carbocycles. The molecule has 0 spiro atoms. The Hall–Kier alpha value is -2.15. The molecule has 0 aliphatic heterocycles. The first-order chi connectivity index (χ1) is 9.61. The van der Waals surface area contributed by atoms with Crippen LogP contribution in [0.15, 0.2) is 21.3 Å². The van der Waals surface area contributed by atoms with Crippen molar-refractivity contribution in [1.82, 2.24) is 15.5 Å². The molecule has 0 bridgehead atoms. The minimum atomic E-state index is -0.393. The van der Waals surface area contributed by atoms with E-state index in [2.05, 4.69) is 15.5 Å². The molecular formula is C13H17N3O4. The third-order valence-corrected chi connectivity index (χ3v) is 2.80. The second kappa shape index (κ2) is 6.33. The molecule has 1 atom stereocenters. The lowest BCUT2D eigenvalue weighted by Crippen LogP contribution is -2.27. The smallest absolute Gasteiger partial charge is 0.287 e. The summed E-state index contributed by atoms with van der Waals surface area (Å²) in [4.78, 5) is 16.2. The Morgan fingerprint density at radius 1 is 1.55 bits per heavy atom. The molecule has 1 N–H and O–H groups in total. The third-order valence-electron chi connectivity index (χ3n) is 2.80. The molecule has 2 rings (SSSR count). The third kappa shape index (κ3) is 3.24. The summed E-state index contributed by atoms with van der Waals surface area (Å²) in [5.74, 6) is 0.887. The normalized spacial score (nSPS) is 12.3. The quantitative estimate of drug-likeness (QED) is 0.864. The molecule has 7 nitrogen and oxygen atoms in total. The molecule has 2 aromatic rings. The Morgan fingerprint density at radius 2 is 2.35 bits per heavy atom. The SMILES string of the molecule is COCCc1noc([C@H](C)NC(=O)c2occc2C)n1. The summed E-state index contributed by atoms with van der Waals surface area (Å²) in [6.45, 7) is 4.09. The molecule has 1 amide bonds. The van der Waals surface area contributed by atoms with E-state index in [1.54, 1.807) is 27.0 Å². The van der Waals surface area contributed by atoms with E-state index in [4.69, 9.17) is 13.7 Å². The molecule has 108 valence electrons. The molecule has 0 unspecified atom stereocenters. The molecule has 0 saturated carbocycles. The van der Waals surface area contributed by atoms with Crippen LogP contribution in [-0.4, -0.2) is 29.8 Å². The number of aryl methyl sites for hydroxylation is 1. The van der Waals surface area contributed by atoms with Gasteiger partial charge >= 0.3 is 0 Å². The predicted octanol–water partition coefficient (Wildman–Crippen LogP) is 1.65. The first-order valence-electron chi connectivity index (χ1n) is 6.28. The van der Waals surface area contributed by atoms with Crippen LogP contribution >= 0.6 is 0 Å². The van der Waals surface area contributed by atoms with E-state index in [-0.39, 0.29) is 11.7 Å². The lowest BCUT2D eigenvalue weighted by molar-refractivity contribution is 0.0903. The van der Waals surface area contributed by atoms with Gasteiger partial charge in [-0.15, -0.1) is 0 Å². The Labute approximate surface area is 116 Å². The van der Waals surface area contributed by atoms with E-state index in [0.29, 0.717) is 24.7 Å². The van der Waals surface area contributed by atoms with Crippen LogP contribution in [0.5, 0.6) is 0 Å². The zero-order chi connectivity index (χ0) is 14.5. The lowest BCUT2D eigenvalue weighted by atomic mass is 10.2. The minimum Gasteiger partial charge on any atom is -0.459 e. The van der Waals surface area contributed by atoms with Gasteiger partial charge < -0.3 is 19.0 Å². The largest absolute Gasteiger partial charge is 0.459 e. The highest BCUT2D eigenvalue weighted by Crippen LogP contribution is 2.13. The molecule has 0 saturated heterocycles. The van der Waals surface area contributed by atoms with Gasteiger partial charge in [0, 0.05) is 19.1 Å². The van der Waals surface area contributed by atoms with Crippen molar-refractivity contribution in [2.75, 3.05) is 13.7 Å². The van der Waals surface area contributed by atoms with Crippen molar-refractivity contribution < 1.29 is 18.5 Å². The molecule has 2 heterocycles. The second-order valence-corrected chi connectivity index (χ2v) is 4.42. The van der Waals surface area contributed by atoms with Crippen LogP contribution in [0.25, 0.3) is 0 Å². The number of aromatic nitrogens is 2. The molecule has 7 heteroatoms. The predicted molar refractivity (Wildman–Crippen MR) is 69.2 cm³/mol. The van der Waals surface area contributed by atoms with Gasteiger partial charge in [0.25, 0.3) is 5.91 Å². The van der Waals surface area contributed by atoms with Crippen LogP contribution in [-0.2, 0) is 11.2 Å². The number of furan rings is 1. The van der Waals surface area contributed by atoms with Gasteiger partial charge in [-0.05, 0) is 19.9 Å². The van der Waals surface area contributed by atoms with E-state index in [9.17, 15) is 4.79 Å². The Morgan fingerprint density at radius 3 is 3.00 bits per heavy atom. The Kier molecular flexibility index (Phi) is 4.52. The number of rotatable bonds is 6. The van der Waals surface area contributed by atoms with Crippen molar-refractivity contribution in [1.29, 1.82) is 0 Å². The maximum absolute atomic E-state index is 12.0. The average molecular weight is 279 g/mol. The molecule has 0 aliphatic carbocycles. The molecule has 2 aromatic heterocycles. The van der Waals surface area contributed by atoms with Crippen LogP contribution in [0, 0.1) is 6.92 Å². The van der Waals surface area contributed by atoms with E-state index < -0.39 is 6.04 Å². The molecule has 0 aliphatic rings. The van der Waals surface area contributed by atoms with Crippen LogP contribution in [0.4, 0.5) is 0 Å². The first-order valence-corrected chi connectivity index (χ1v) is 6.28. The summed E-state index contributed by atoms with van der Waals surface area (Å²) in [6, 6.07) is 1.34. The highest BCUT2D eigenvalue weighted by atomic mass is 16.5. The molecular weight excluding hydrogens is 262 g/mol. The van der Waals surface area contributed by atoms with E-state index in [1.165, 1.54) is 6.26 Å².